The smallest absolute Gasteiger partial charge is 0.257 e. The minimum atomic E-state index is -0.785. The topological polar surface area (TPSA) is 49.4 Å². The first-order chi connectivity index (χ1) is 9.04. The minimum Gasteiger partial charge on any atom is -0.353 e. The lowest BCUT2D eigenvalue weighted by Crippen LogP contribution is -2.57. The molecule has 1 saturated heterocycles. The second-order valence-corrected chi connectivity index (χ2v) is 4.34. The predicted octanol–water partition coefficient (Wildman–Crippen LogP) is 1.32. The van der Waals surface area contributed by atoms with Gasteiger partial charge < -0.3 is 10.2 Å². The summed E-state index contributed by atoms with van der Waals surface area (Å²) in [5.74, 6) is -2.39. The number of halogens is 2. The monoisotopic (exact) mass is 268 g/mol. The van der Waals surface area contributed by atoms with E-state index in [1.54, 1.807) is 6.92 Å². The first-order valence-electron chi connectivity index (χ1n) is 6.08. The number of piperazine rings is 1. The van der Waals surface area contributed by atoms with E-state index >= 15 is 0 Å². The van der Waals surface area contributed by atoms with Crippen LogP contribution in [0.25, 0.3) is 0 Å². The minimum absolute atomic E-state index is 0.265. The van der Waals surface area contributed by atoms with E-state index in [9.17, 15) is 18.4 Å². The Hall–Kier alpha value is -1.98. The Labute approximate surface area is 109 Å². The Morgan fingerprint density at radius 2 is 2.21 bits per heavy atom. The highest BCUT2D eigenvalue weighted by Gasteiger charge is 2.33. The molecule has 1 N–H and O–H groups in total. The van der Waals surface area contributed by atoms with Crippen molar-refractivity contribution >= 4 is 11.8 Å². The summed E-state index contributed by atoms with van der Waals surface area (Å²) in [5.41, 5.74) is -0.340. The first-order valence-corrected chi connectivity index (χ1v) is 6.08. The highest BCUT2D eigenvalue weighted by molar-refractivity contribution is 5.98. The molecule has 1 fully saturated rings. The van der Waals surface area contributed by atoms with Gasteiger partial charge in [-0.05, 0) is 24.6 Å². The van der Waals surface area contributed by atoms with Crippen LogP contribution in [0.3, 0.4) is 0 Å². The molecule has 0 aromatic heterocycles. The molecule has 1 heterocycles. The fourth-order valence-electron chi connectivity index (χ4n) is 2.18. The average molecular weight is 268 g/mol. The van der Waals surface area contributed by atoms with Gasteiger partial charge in [0.25, 0.3) is 5.91 Å². The van der Waals surface area contributed by atoms with Gasteiger partial charge in [0.15, 0.2) is 0 Å². The zero-order chi connectivity index (χ0) is 14.0. The average Bonchev–Trinajstić information content (AvgIpc) is 2.40. The molecule has 1 atom stereocenters. The molecule has 0 radical (unpaired) electrons. The Bertz CT molecular complexity index is 519. The summed E-state index contributed by atoms with van der Waals surface area (Å²) in [6, 6.07) is 2.08. The summed E-state index contributed by atoms with van der Waals surface area (Å²) in [6.07, 6.45) is 0.425. The highest BCUT2D eigenvalue weighted by Crippen LogP contribution is 2.17. The Kier molecular flexibility index (Phi) is 3.78. The molecule has 4 nitrogen and oxygen atoms in total. The summed E-state index contributed by atoms with van der Waals surface area (Å²) in [6.45, 7) is 2.37. The number of carbonyl (C=O) groups is 2. The van der Waals surface area contributed by atoms with Gasteiger partial charge in [-0.3, -0.25) is 9.59 Å². The summed E-state index contributed by atoms with van der Waals surface area (Å²) in [4.78, 5) is 25.2. The molecule has 1 aromatic rings. The molecule has 1 aliphatic rings. The SMILES string of the molecule is CCC1C(=O)NCCN1C(=O)c1cc(F)ccc1F. The van der Waals surface area contributed by atoms with Crippen molar-refractivity contribution in [1.82, 2.24) is 10.2 Å². The van der Waals surface area contributed by atoms with Crippen molar-refractivity contribution in [2.75, 3.05) is 13.1 Å². The van der Waals surface area contributed by atoms with Gasteiger partial charge in [0, 0.05) is 13.1 Å². The van der Waals surface area contributed by atoms with Crippen molar-refractivity contribution in [3.05, 3.63) is 35.4 Å². The van der Waals surface area contributed by atoms with Gasteiger partial charge in [0.1, 0.15) is 17.7 Å². The number of hydrogen-bond acceptors (Lipinski definition) is 2. The largest absolute Gasteiger partial charge is 0.353 e. The number of benzene rings is 1. The van der Waals surface area contributed by atoms with Gasteiger partial charge in [-0.25, -0.2) is 8.78 Å². The van der Waals surface area contributed by atoms with Crippen molar-refractivity contribution in [3.63, 3.8) is 0 Å². The van der Waals surface area contributed by atoms with Crippen molar-refractivity contribution < 1.29 is 18.4 Å². The van der Waals surface area contributed by atoms with E-state index < -0.39 is 23.6 Å². The predicted molar refractivity (Wildman–Crippen MR) is 64.5 cm³/mol. The van der Waals surface area contributed by atoms with Crippen LogP contribution in [-0.4, -0.2) is 35.8 Å². The normalized spacial score (nSPS) is 19.2. The molecule has 0 saturated carbocycles. The standard InChI is InChI=1S/C13H14F2N2O2/c1-2-11-12(18)16-5-6-17(11)13(19)9-7-8(14)3-4-10(9)15/h3-4,7,11H,2,5-6H2,1H3,(H,16,18). The van der Waals surface area contributed by atoms with Crippen LogP contribution < -0.4 is 5.32 Å². The van der Waals surface area contributed by atoms with E-state index in [1.165, 1.54) is 4.90 Å². The van der Waals surface area contributed by atoms with Gasteiger partial charge in [-0.15, -0.1) is 0 Å². The van der Waals surface area contributed by atoms with Crippen LogP contribution in [0, 0.1) is 11.6 Å². The summed E-state index contributed by atoms with van der Waals surface area (Å²) in [7, 11) is 0. The highest BCUT2D eigenvalue weighted by atomic mass is 19.1. The zero-order valence-corrected chi connectivity index (χ0v) is 10.5. The quantitative estimate of drug-likeness (QED) is 0.879. The van der Waals surface area contributed by atoms with Crippen molar-refractivity contribution in [2.45, 2.75) is 19.4 Å². The van der Waals surface area contributed by atoms with Gasteiger partial charge in [0.2, 0.25) is 5.91 Å². The van der Waals surface area contributed by atoms with Gasteiger partial charge in [-0.2, -0.15) is 0 Å². The number of rotatable bonds is 2. The number of nitrogens with one attached hydrogen (secondary N) is 1. The van der Waals surface area contributed by atoms with E-state index in [1.807, 2.05) is 0 Å². The van der Waals surface area contributed by atoms with Crippen molar-refractivity contribution in [2.24, 2.45) is 0 Å². The van der Waals surface area contributed by atoms with Crippen molar-refractivity contribution in [1.29, 1.82) is 0 Å². The lowest BCUT2D eigenvalue weighted by atomic mass is 10.1. The van der Waals surface area contributed by atoms with E-state index in [-0.39, 0.29) is 11.5 Å². The summed E-state index contributed by atoms with van der Waals surface area (Å²) >= 11 is 0. The molecule has 1 aromatic carbocycles. The molecular formula is C13H14F2N2O2. The Morgan fingerprint density at radius 1 is 1.47 bits per heavy atom. The summed E-state index contributed by atoms with van der Waals surface area (Å²) < 4.78 is 26.7. The van der Waals surface area contributed by atoms with Crippen LogP contribution in [-0.2, 0) is 4.79 Å². The Balaban J connectivity index is 2.32. The van der Waals surface area contributed by atoms with E-state index in [0.717, 1.165) is 18.2 Å². The molecule has 6 heteroatoms. The molecule has 19 heavy (non-hydrogen) atoms. The lowest BCUT2D eigenvalue weighted by Gasteiger charge is -2.34. The van der Waals surface area contributed by atoms with Gasteiger partial charge in [0.05, 0.1) is 5.56 Å². The molecule has 0 aliphatic carbocycles. The van der Waals surface area contributed by atoms with Gasteiger partial charge in [-0.1, -0.05) is 6.92 Å². The van der Waals surface area contributed by atoms with Crippen molar-refractivity contribution in [3.8, 4) is 0 Å². The number of amides is 2. The lowest BCUT2D eigenvalue weighted by molar-refractivity contribution is -0.127. The fraction of sp³-hybridized carbons (Fsp3) is 0.385. The van der Waals surface area contributed by atoms with Crippen LogP contribution in [0.2, 0.25) is 0 Å². The number of nitrogens with zero attached hydrogens (tertiary/aromatic N) is 1. The summed E-state index contributed by atoms with van der Waals surface area (Å²) in [5, 5.41) is 2.64. The van der Waals surface area contributed by atoms with Crippen LogP contribution in [0.4, 0.5) is 8.78 Å². The van der Waals surface area contributed by atoms with Crippen LogP contribution >= 0.6 is 0 Å². The molecule has 1 unspecified atom stereocenters. The number of hydrogen-bond donors (Lipinski definition) is 1. The maximum atomic E-state index is 13.6. The second-order valence-electron chi connectivity index (χ2n) is 4.34. The van der Waals surface area contributed by atoms with Gasteiger partial charge >= 0.3 is 0 Å². The van der Waals surface area contributed by atoms with E-state index in [2.05, 4.69) is 5.32 Å². The maximum Gasteiger partial charge on any atom is 0.257 e. The third-order valence-electron chi connectivity index (χ3n) is 3.14. The molecule has 2 rings (SSSR count). The van der Waals surface area contributed by atoms with Crippen LogP contribution in [0.15, 0.2) is 18.2 Å². The van der Waals surface area contributed by atoms with Crippen LogP contribution in [0.1, 0.15) is 23.7 Å². The third kappa shape index (κ3) is 2.57. The molecule has 102 valence electrons. The van der Waals surface area contributed by atoms with Crippen LogP contribution in [0.5, 0.6) is 0 Å². The molecule has 0 bridgehead atoms. The Morgan fingerprint density at radius 3 is 2.89 bits per heavy atom. The van der Waals surface area contributed by atoms with E-state index in [4.69, 9.17) is 0 Å². The van der Waals surface area contributed by atoms with E-state index in [0.29, 0.717) is 19.5 Å². The zero-order valence-electron chi connectivity index (χ0n) is 10.5. The molecular weight excluding hydrogens is 254 g/mol. The molecule has 1 aliphatic heterocycles. The first kappa shape index (κ1) is 13.5. The molecule has 2 amide bonds. The second kappa shape index (κ2) is 5.34. The third-order valence-corrected chi connectivity index (χ3v) is 3.14. The number of carbonyl (C=O) groups excluding carboxylic acids is 2. The molecule has 0 spiro atoms. The maximum absolute atomic E-state index is 13.6. The fourth-order valence-corrected chi connectivity index (χ4v) is 2.18.